The standard InChI is InChI=1S/C17H16F2N2O2S/c1-11(22)20-10-12-6-8-13(9-7-12)16(23)21-14-4-2-3-5-15(14)24-17(18)19/h2-9,17H,10H2,1H3,(H,20,22)(H,21,23). The Bertz CT molecular complexity index is 721. The Morgan fingerprint density at radius 2 is 1.75 bits per heavy atom. The van der Waals surface area contributed by atoms with Crippen LogP contribution in [0.1, 0.15) is 22.8 Å². The minimum Gasteiger partial charge on any atom is -0.352 e. The number of benzene rings is 2. The number of carbonyl (C=O) groups is 2. The van der Waals surface area contributed by atoms with Crippen LogP contribution in [0.15, 0.2) is 53.4 Å². The van der Waals surface area contributed by atoms with E-state index in [2.05, 4.69) is 10.6 Å². The molecule has 0 aromatic heterocycles. The van der Waals surface area contributed by atoms with Gasteiger partial charge in [-0.1, -0.05) is 36.0 Å². The van der Waals surface area contributed by atoms with Crippen LogP contribution < -0.4 is 10.6 Å². The molecule has 0 aliphatic heterocycles. The van der Waals surface area contributed by atoms with Gasteiger partial charge in [-0.25, -0.2) is 0 Å². The number of rotatable bonds is 6. The zero-order valence-corrected chi connectivity index (χ0v) is 13.7. The van der Waals surface area contributed by atoms with Crippen molar-refractivity contribution in [1.82, 2.24) is 5.32 Å². The Morgan fingerprint density at radius 1 is 1.08 bits per heavy atom. The lowest BCUT2D eigenvalue weighted by atomic mass is 10.1. The summed E-state index contributed by atoms with van der Waals surface area (Å²) in [5, 5.41) is 5.30. The quantitative estimate of drug-likeness (QED) is 0.777. The molecule has 2 aromatic carbocycles. The molecular formula is C17H16F2N2O2S. The Morgan fingerprint density at radius 3 is 2.38 bits per heavy atom. The molecule has 2 amide bonds. The summed E-state index contributed by atoms with van der Waals surface area (Å²) in [5.74, 6) is -3.08. The summed E-state index contributed by atoms with van der Waals surface area (Å²) in [6, 6.07) is 13.1. The van der Waals surface area contributed by atoms with E-state index in [0.29, 0.717) is 34.5 Å². The number of anilines is 1. The van der Waals surface area contributed by atoms with Gasteiger partial charge in [0.25, 0.3) is 11.7 Å². The molecule has 2 N–H and O–H groups in total. The molecule has 0 aliphatic carbocycles. The summed E-state index contributed by atoms with van der Waals surface area (Å²) in [6.45, 7) is 1.81. The van der Waals surface area contributed by atoms with Gasteiger partial charge in [0.15, 0.2) is 0 Å². The molecule has 0 fully saturated rings. The molecule has 2 rings (SSSR count). The van der Waals surface area contributed by atoms with Crippen LogP contribution in [0.2, 0.25) is 0 Å². The number of amides is 2. The van der Waals surface area contributed by atoms with Gasteiger partial charge in [0.05, 0.1) is 5.69 Å². The van der Waals surface area contributed by atoms with E-state index in [1.807, 2.05) is 0 Å². The van der Waals surface area contributed by atoms with E-state index in [1.165, 1.54) is 13.0 Å². The molecule has 0 bridgehead atoms. The first kappa shape index (κ1) is 17.9. The van der Waals surface area contributed by atoms with Crippen molar-refractivity contribution in [2.24, 2.45) is 0 Å². The molecule has 0 heterocycles. The Balaban J connectivity index is 2.06. The van der Waals surface area contributed by atoms with Crippen molar-refractivity contribution < 1.29 is 18.4 Å². The maximum atomic E-state index is 12.6. The molecule has 0 atom stereocenters. The average molecular weight is 350 g/mol. The molecule has 0 radical (unpaired) electrons. The van der Waals surface area contributed by atoms with Gasteiger partial charge in [-0.15, -0.1) is 0 Å². The van der Waals surface area contributed by atoms with Gasteiger partial charge in [0.2, 0.25) is 5.91 Å². The molecule has 0 saturated carbocycles. The topological polar surface area (TPSA) is 58.2 Å². The van der Waals surface area contributed by atoms with E-state index in [-0.39, 0.29) is 11.8 Å². The lowest BCUT2D eigenvalue weighted by Crippen LogP contribution is -2.19. The van der Waals surface area contributed by atoms with Crippen LogP contribution in [-0.2, 0) is 11.3 Å². The maximum absolute atomic E-state index is 12.6. The predicted octanol–water partition coefficient (Wildman–Crippen LogP) is 3.89. The number of carbonyl (C=O) groups excluding carboxylic acids is 2. The van der Waals surface area contributed by atoms with Gasteiger partial charge in [-0.2, -0.15) is 8.78 Å². The Kier molecular flexibility index (Phi) is 6.31. The highest BCUT2D eigenvalue weighted by molar-refractivity contribution is 7.99. The van der Waals surface area contributed by atoms with E-state index in [4.69, 9.17) is 0 Å². The van der Waals surface area contributed by atoms with Crippen molar-refractivity contribution in [2.45, 2.75) is 24.1 Å². The Labute approximate surface area is 142 Å². The molecule has 0 aliphatic rings. The predicted molar refractivity (Wildman–Crippen MR) is 90.2 cm³/mol. The molecule has 7 heteroatoms. The Hall–Kier alpha value is -2.41. The highest BCUT2D eigenvalue weighted by Gasteiger charge is 2.12. The zero-order valence-electron chi connectivity index (χ0n) is 12.9. The van der Waals surface area contributed by atoms with Gasteiger partial charge in [0, 0.05) is 23.9 Å². The zero-order chi connectivity index (χ0) is 17.5. The van der Waals surface area contributed by atoms with Crippen molar-refractivity contribution in [2.75, 3.05) is 5.32 Å². The van der Waals surface area contributed by atoms with Crippen molar-refractivity contribution in [3.05, 3.63) is 59.7 Å². The summed E-state index contributed by atoms with van der Waals surface area (Å²) >= 11 is 0.386. The average Bonchev–Trinajstić information content (AvgIpc) is 2.54. The first-order chi connectivity index (χ1) is 11.5. The van der Waals surface area contributed by atoms with Crippen LogP contribution in [0, 0.1) is 0 Å². The van der Waals surface area contributed by atoms with E-state index in [1.54, 1.807) is 42.5 Å². The van der Waals surface area contributed by atoms with Gasteiger partial charge in [-0.3, -0.25) is 9.59 Å². The van der Waals surface area contributed by atoms with Gasteiger partial charge < -0.3 is 10.6 Å². The van der Waals surface area contributed by atoms with Crippen molar-refractivity contribution in [1.29, 1.82) is 0 Å². The molecule has 24 heavy (non-hydrogen) atoms. The van der Waals surface area contributed by atoms with Crippen LogP contribution in [-0.4, -0.2) is 17.6 Å². The summed E-state index contributed by atoms with van der Waals surface area (Å²) in [4.78, 5) is 23.4. The minimum absolute atomic E-state index is 0.134. The third-order valence-electron chi connectivity index (χ3n) is 3.11. The first-order valence-corrected chi connectivity index (χ1v) is 8.02. The number of para-hydroxylation sites is 1. The minimum atomic E-state index is -2.56. The molecular weight excluding hydrogens is 334 g/mol. The largest absolute Gasteiger partial charge is 0.352 e. The normalized spacial score (nSPS) is 10.5. The van der Waals surface area contributed by atoms with Crippen molar-refractivity contribution in [3.8, 4) is 0 Å². The monoisotopic (exact) mass is 350 g/mol. The summed E-state index contributed by atoms with van der Waals surface area (Å²) < 4.78 is 25.1. The maximum Gasteiger partial charge on any atom is 0.288 e. The number of nitrogens with one attached hydrogen (secondary N) is 2. The molecule has 2 aromatic rings. The lowest BCUT2D eigenvalue weighted by Gasteiger charge is -2.10. The molecule has 126 valence electrons. The van der Waals surface area contributed by atoms with Gasteiger partial charge >= 0.3 is 0 Å². The van der Waals surface area contributed by atoms with Crippen LogP contribution >= 0.6 is 11.8 Å². The fraction of sp³-hybridized carbons (Fsp3) is 0.176. The number of halogens is 2. The lowest BCUT2D eigenvalue weighted by molar-refractivity contribution is -0.119. The van der Waals surface area contributed by atoms with E-state index in [9.17, 15) is 18.4 Å². The van der Waals surface area contributed by atoms with Gasteiger partial charge in [0.1, 0.15) is 0 Å². The van der Waals surface area contributed by atoms with E-state index >= 15 is 0 Å². The third-order valence-corrected chi connectivity index (χ3v) is 3.90. The number of hydrogen-bond donors (Lipinski definition) is 2. The fourth-order valence-electron chi connectivity index (χ4n) is 1.96. The highest BCUT2D eigenvalue weighted by atomic mass is 32.2. The van der Waals surface area contributed by atoms with Crippen LogP contribution in [0.4, 0.5) is 14.5 Å². The molecule has 4 nitrogen and oxygen atoms in total. The van der Waals surface area contributed by atoms with E-state index < -0.39 is 5.76 Å². The smallest absolute Gasteiger partial charge is 0.288 e. The number of hydrogen-bond acceptors (Lipinski definition) is 3. The number of alkyl halides is 2. The summed E-state index contributed by atoms with van der Waals surface area (Å²) in [7, 11) is 0. The second-order valence-corrected chi connectivity index (χ2v) is 5.97. The number of thioether (sulfide) groups is 1. The second kappa shape index (κ2) is 8.44. The van der Waals surface area contributed by atoms with Gasteiger partial charge in [-0.05, 0) is 29.8 Å². The molecule has 0 saturated heterocycles. The van der Waals surface area contributed by atoms with Crippen LogP contribution in [0.5, 0.6) is 0 Å². The third kappa shape index (κ3) is 5.34. The second-order valence-electron chi connectivity index (χ2n) is 4.94. The van der Waals surface area contributed by atoms with Crippen LogP contribution in [0.3, 0.4) is 0 Å². The van der Waals surface area contributed by atoms with Crippen molar-refractivity contribution >= 4 is 29.3 Å². The van der Waals surface area contributed by atoms with Crippen molar-refractivity contribution in [3.63, 3.8) is 0 Å². The van der Waals surface area contributed by atoms with E-state index in [0.717, 1.165) is 5.56 Å². The fourth-order valence-corrected chi connectivity index (χ4v) is 2.56. The highest BCUT2D eigenvalue weighted by Crippen LogP contribution is 2.31. The SMILES string of the molecule is CC(=O)NCc1ccc(C(=O)Nc2ccccc2SC(F)F)cc1. The van der Waals surface area contributed by atoms with Crippen LogP contribution in [0.25, 0.3) is 0 Å². The first-order valence-electron chi connectivity index (χ1n) is 7.14. The molecule has 0 unspecified atom stereocenters. The summed E-state index contributed by atoms with van der Waals surface area (Å²) in [6.07, 6.45) is 0. The molecule has 0 spiro atoms. The summed E-state index contributed by atoms with van der Waals surface area (Å²) in [5.41, 5.74) is 1.60.